The molecule has 1 aliphatic heterocycles. The summed E-state index contributed by atoms with van der Waals surface area (Å²) >= 11 is 0. The van der Waals surface area contributed by atoms with Crippen LogP contribution < -0.4 is 10.6 Å². The number of hydrogen-bond donors (Lipinski definition) is 2. The SMILES string of the molecule is NC(=O)c1ccccc1N1CCCC(=O)c2nc3[nH]ccc3cc21. The first-order valence-corrected chi connectivity index (χ1v) is 7.83. The van der Waals surface area contributed by atoms with E-state index in [1.807, 2.05) is 29.2 Å². The zero-order chi connectivity index (χ0) is 16.7. The summed E-state index contributed by atoms with van der Waals surface area (Å²) < 4.78 is 0. The van der Waals surface area contributed by atoms with Gasteiger partial charge in [-0.05, 0) is 30.7 Å². The molecule has 24 heavy (non-hydrogen) atoms. The van der Waals surface area contributed by atoms with E-state index in [1.165, 1.54) is 0 Å². The summed E-state index contributed by atoms with van der Waals surface area (Å²) in [6.45, 7) is 0.626. The van der Waals surface area contributed by atoms with E-state index in [2.05, 4.69) is 9.97 Å². The fourth-order valence-corrected chi connectivity index (χ4v) is 3.19. The van der Waals surface area contributed by atoms with Gasteiger partial charge < -0.3 is 15.6 Å². The van der Waals surface area contributed by atoms with Gasteiger partial charge in [0.1, 0.15) is 11.3 Å². The van der Waals surface area contributed by atoms with Gasteiger partial charge in [0.2, 0.25) is 0 Å². The van der Waals surface area contributed by atoms with Crippen molar-refractivity contribution in [2.45, 2.75) is 12.8 Å². The minimum Gasteiger partial charge on any atom is -0.366 e. The lowest BCUT2D eigenvalue weighted by Crippen LogP contribution is -2.23. The number of fused-ring (bicyclic) bond motifs is 2. The molecule has 3 heterocycles. The summed E-state index contributed by atoms with van der Waals surface area (Å²) in [7, 11) is 0. The van der Waals surface area contributed by atoms with E-state index >= 15 is 0 Å². The van der Waals surface area contributed by atoms with E-state index in [9.17, 15) is 9.59 Å². The second-order valence-corrected chi connectivity index (χ2v) is 5.83. The van der Waals surface area contributed by atoms with Crippen LogP contribution in [-0.2, 0) is 0 Å². The molecule has 0 radical (unpaired) electrons. The van der Waals surface area contributed by atoms with E-state index in [0.29, 0.717) is 42.0 Å². The molecule has 3 N–H and O–H groups in total. The summed E-state index contributed by atoms with van der Waals surface area (Å²) in [6, 6.07) is 11.0. The highest BCUT2D eigenvalue weighted by Crippen LogP contribution is 2.35. The summed E-state index contributed by atoms with van der Waals surface area (Å²) in [6.07, 6.45) is 2.92. The van der Waals surface area contributed by atoms with Crippen molar-refractivity contribution in [1.82, 2.24) is 9.97 Å². The Kier molecular flexibility index (Phi) is 3.30. The number of carbonyl (C=O) groups is 2. The highest BCUT2D eigenvalue weighted by atomic mass is 16.1. The van der Waals surface area contributed by atoms with Crippen molar-refractivity contribution in [2.75, 3.05) is 11.4 Å². The maximum atomic E-state index is 12.5. The molecule has 0 saturated carbocycles. The quantitative estimate of drug-likeness (QED) is 0.759. The van der Waals surface area contributed by atoms with E-state index in [1.54, 1.807) is 18.3 Å². The number of aromatic amines is 1. The summed E-state index contributed by atoms with van der Waals surface area (Å²) in [4.78, 5) is 33.8. The number of rotatable bonds is 2. The lowest BCUT2D eigenvalue weighted by atomic mass is 10.1. The molecule has 0 atom stereocenters. The number of aromatic nitrogens is 2. The molecule has 6 heteroatoms. The van der Waals surface area contributed by atoms with Crippen LogP contribution >= 0.6 is 0 Å². The van der Waals surface area contributed by atoms with Crippen molar-refractivity contribution in [1.29, 1.82) is 0 Å². The van der Waals surface area contributed by atoms with Crippen LogP contribution in [0.1, 0.15) is 33.7 Å². The van der Waals surface area contributed by atoms with Crippen LogP contribution in [0.3, 0.4) is 0 Å². The Bertz CT molecular complexity index is 961. The predicted octanol–water partition coefficient (Wildman–Crippen LogP) is 2.78. The third kappa shape index (κ3) is 2.23. The fraction of sp³-hybridized carbons (Fsp3) is 0.167. The number of hydrogen-bond acceptors (Lipinski definition) is 4. The zero-order valence-electron chi connectivity index (χ0n) is 13.0. The predicted molar refractivity (Wildman–Crippen MR) is 91.6 cm³/mol. The Hall–Kier alpha value is -3.15. The second-order valence-electron chi connectivity index (χ2n) is 5.83. The fourth-order valence-electron chi connectivity index (χ4n) is 3.19. The molecule has 0 saturated heterocycles. The molecule has 120 valence electrons. The van der Waals surface area contributed by atoms with E-state index in [0.717, 1.165) is 11.1 Å². The normalized spacial score (nSPS) is 14.5. The van der Waals surface area contributed by atoms with Gasteiger partial charge in [0.25, 0.3) is 5.91 Å². The molecule has 0 fully saturated rings. The van der Waals surface area contributed by atoms with Crippen LogP contribution in [0.5, 0.6) is 0 Å². The van der Waals surface area contributed by atoms with Crippen LogP contribution in [0, 0.1) is 0 Å². The highest BCUT2D eigenvalue weighted by Gasteiger charge is 2.26. The molecular weight excluding hydrogens is 304 g/mol. The number of ketones is 1. The smallest absolute Gasteiger partial charge is 0.250 e. The molecule has 3 aromatic rings. The molecule has 0 bridgehead atoms. The van der Waals surface area contributed by atoms with Crippen molar-refractivity contribution in [2.24, 2.45) is 5.73 Å². The number of anilines is 2. The van der Waals surface area contributed by atoms with E-state index < -0.39 is 5.91 Å². The third-order valence-corrected chi connectivity index (χ3v) is 4.32. The largest absolute Gasteiger partial charge is 0.366 e. The standard InChI is InChI=1S/C18H16N4O2/c19-17(24)12-4-1-2-5-13(12)22-9-3-6-15(23)16-14(22)10-11-7-8-20-18(11)21-16/h1-2,4-5,7-8,10H,3,6,9H2,(H2,19,24)(H,20,21). The molecule has 2 aromatic heterocycles. The Morgan fingerprint density at radius 3 is 2.88 bits per heavy atom. The highest BCUT2D eigenvalue weighted by molar-refractivity contribution is 6.05. The first-order valence-electron chi connectivity index (χ1n) is 7.83. The average Bonchev–Trinajstić information content (AvgIpc) is 2.98. The molecule has 0 unspecified atom stereocenters. The van der Waals surface area contributed by atoms with Gasteiger partial charge in [-0.3, -0.25) is 9.59 Å². The lowest BCUT2D eigenvalue weighted by molar-refractivity contribution is 0.0976. The Labute approximate surface area is 138 Å². The van der Waals surface area contributed by atoms with Gasteiger partial charge in [-0.2, -0.15) is 0 Å². The number of H-pyrrole nitrogens is 1. The molecular formula is C18H16N4O2. The molecule has 6 nitrogen and oxygen atoms in total. The van der Waals surface area contributed by atoms with Crippen LogP contribution in [-0.4, -0.2) is 28.2 Å². The van der Waals surface area contributed by atoms with Gasteiger partial charge in [-0.25, -0.2) is 4.98 Å². The number of para-hydroxylation sites is 1. The van der Waals surface area contributed by atoms with Gasteiger partial charge in [0, 0.05) is 24.5 Å². The number of primary amides is 1. The van der Waals surface area contributed by atoms with Crippen molar-refractivity contribution >= 4 is 34.1 Å². The molecule has 1 aliphatic rings. The number of carbonyl (C=O) groups excluding carboxylic acids is 2. The van der Waals surface area contributed by atoms with Crippen LogP contribution in [0.2, 0.25) is 0 Å². The monoisotopic (exact) mass is 320 g/mol. The molecule has 4 rings (SSSR count). The van der Waals surface area contributed by atoms with Crippen molar-refractivity contribution in [3.63, 3.8) is 0 Å². The number of nitrogens with two attached hydrogens (primary N) is 1. The average molecular weight is 320 g/mol. The maximum absolute atomic E-state index is 12.5. The van der Waals surface area contributed by atoms with Crippen molar-refractivity contribution in [3.05, 3.63) is 53.9 Å². The number of amides is 1. The van der Waals surface area contributed by atoms with Gasteiger partial charge >= 0.3 is 0 Å². The molecule has 1 amide bonds. The summed E-state index contributed by atoms with van der Waals surface area (Å²) in [5, 5.41) is 0.921. The summed E-state index contributed by atoms with van der Waals surface area (Å²) in [5.74, 6) is -0.473. The second kappa shape index (κ2) is 5.49. The van der Waals surface area contributed by atoms with Gasteiger partial charge in [-0.1, -0.05) is 12.1 Å². The van der Waals surface area contributed by atoms with Crippen LogP contribution in [0.25, 0.3) is 11.0 Å². The van der Waals surface area contributed by atoms with E-state index in [4.69, 9.17) is 5.73 Å². The first-order chi connectivity index (χ1) is 11.6. The minimum absolute atomic E-state index is 0.0144. The lowest BCUT2D eigenvalue weighted by Gasteiger charge is -2.26. The van der Waals surface area contributed by atoms with Gasteiger partial charge in [0.15, 0.2) is 5.78 Å². The zero-order valence-corrected chi connectivity index (χ0v) is 13.0. The molecule has 1 aromatic carbocycles. The number of Topliss-reactive ketones (excluding diaryl/α,β-unsaturated/α-hetero) is 1. The topological polar surface area (TPSA) is 92.1 Å². The number of nitrogens with one attached hydrogen (secondary N) is 1. The van der Waals surface area contributed by atoms with Crippen LogP contribution in [0.4, 0.5) is 11.4 Å². The maximum Gasteiger partial charge on any atom is 0.250 e. The van der Waals surface area contributed by atoms with E-state index in [-0.39, 0.29) is 5.78 Å². The number of benzene rings is 1. The third-order valence-electron chi connectivity index (χ3n) is 4.32. The Balaban J connectivity index is 1.96. The van der Waals surface area contributed by atoms with Crippen molar-refractivity contribution < 1.29 is 9.59 Å². The number of nitrogens with zero attached hydrogens (tertiary/aromatic N) is 2. The van der Waals surface area contributed by atoms with Gasteiger partial charge in [0.05, 0.1) is 16.9 Å². The Morgan fingerprint density at radius 2 is 2.04 bits per heavy atom. The molecule has 0 aliphatic carbocycles. The summed E-state index contributed by atoms with van der Waals surface area (Å²) in [5.41, 5.74) is 8.51. The van der Waals surface area contributed by atoms with Gasteiger partial charge in [-0.15, -0.1) is 0 Å². The first kappa shape index (κ1) is 14.4. The number of pyridine rings is 1. The van der Waals surface area contributed by atoms with Crippen LogP contribution in [0.15, 0.2) is 42.6 Å². The van der Waals surface area contributed by atoms with Crippen molar-refractivity contribution in [3.8, 4) is 0 Å². The minimum atomic E-state index is -0.488. The Morgan fingerprint density at radius 1 is 1.21 bits per heavy atom. The molecule has 0 spiro atoms.